The van der Waals surface area contributed by atoms with Crippen molar-refractivity contribution in [1.29, 1.82) is 0 Å². The Morgan fingerprint density at radius 3 is 2.65 bits per heavy atom. The van der Waals surface area contributed by atoms with E-state index in [0.29, 0.717) is 11.7 Å². The Morgan fingerprint density at radius 2 is 2.05 bits per heavy atom. The molecule has 1 heterocycles. The second-order valence-corrected chi connectivity index (χ2v) is 5.84. The Labute approximate surface area is 121 Å². The highest BCUT2D eigenvalue weighted by molar-refractivity contribution is 5.68. The highest BCUT2D eigenvalue weighted by atomic mass is 16.3. The number of benzene rings is 1. The first-order valence-corrected chi connectivity index (χ1v) is 7.38. The molecule has 0 spiro atoms. The third kappa shape index (κ3) is 3.03. The van der Waals surface area contributed by atoms with E-state index in [9.17, 15) is 5.11 Å². The van der Waals surface area contributed by atoms with Crippen molar-refractivity contribution in [3.05, 3.63) is 35.5 Å². The van der Waals surface area contributed by atoms with Crippen molar-refractivity contribution in [3.8, 4) is 17.0 Å². The largest absolute Gasteiger partial charge is 0.504 e. The van der Waals surface area contributed by atoms with Crippen molar-refractivity contribution in [2.75, 3.05) is 0 Å². The van der Waals surface area contributed by atoms with Gasteiger partial charge in [0.05, 0.1) is 0 Å². The predicted molar refractivity (Wildman–Crippen MR) is 82.9 cm³/mol. The standard InChI is InChI=1S/C17H24N2O/c1-5-7-15-17(20)16(19(18-15)11-12(2)3)14-9-6-8-13(4)10-14/h6,8-10,12,20H,5,7,11H2,1-4H3. The van der Waals surface area contributed by atoms with E-state index in [2.05, 4.69) is 44.9 Å². The smallest absolute Gasteiger partial charge is 0.164 e. The van der Waals surface area contributed by atoms with E-state index in [-0.39, 0.29) is 0 Å². The SMILES string of the molecule is CCCc1nn(CC(C)C)c(-c2cccc(C)c2)c1O. The third-order valence-corrected chi connectivity index (χ3v) is 3.31. The molecule has 1 aromatic heterocycles. The van der Waals surface area contributed by atoms with Crippen molar-refractivity contribution in [2.45, 2.75) is 47.1 Å². The van der Waals surface area contributed by atoms with Crippen LogP contribution in [-0.2, 0) is 13.0 Å². The number of rotatable bonds is 5. The van der Waals surface area contributed by atoms with E-state index in [4.69, 9.17) is 0 Å². The summed E-state index contributed by atoms with van der Waals surface area (Å²) in [6, 6.07) is 8.23. The van der Waals surface area contributed by atoms with Crippen LogP contribution in [0.4, 0.5) is 0 Å². The summed E-state index contributed by atoms with van der Waals surface area (Å²) in [7, 11) is 0. The van der Waals surface area contributed by atoms with Crippen LogP contribution in [0, 0.1) is 12.8 Å². The Bertz CT molecular complexity index is 585. The number of aryl methyl sites for hydroxylation is 2. The summed E-state index contributed by atoms with van der Waals surface area (Å²) in [6.07, 6.45) is 1.80. The van der Waals surface area contributed by atoms with Gasteiger partial charge >= 0.3 is 0 Å². The number of aromatic nitrogens is 2. The molecule has 0 atom stereocenters. The van der Waals surface area contributed by atoms with E-state index in [0.717, 1.165) is 36.3 Å². The molecular formula is C17H24N2O. The fourth-order valence-electron chi connectivity index (χ4n) is 2.46. The maximum absolute atomic E-state index is 10.5. The fraction of sp³-hybridized carbons (Fsp3) is 0.471. The zero-order valence-electron chi connectivity index (χ0n) is 12.8. The number of hydrogen-bond donors (Lipinski definition) is 1. The van der Waals surface area contributed by atoms with E-state index < -0.39 is 0 Å². The molecule has 0 radical (unpaired) electrons. The zero-order valence-corrected chi connectivity index (χ0v) is 12.8. The summed E-state index contributed by atoms with van der Waals surface area (Å²) in [5.74, 6) is 0.838. The molecule has 108 valence electrons. The quantitative estimate of drug-likeness (QED) is 0.887. The maximum atomic E-state index is 10.5. The minimum absolute atomic E-state index is 0.345. The second-order valence-electron chi connectivity index (χ2n) is 5.84. The second kappa shape index (κ2) is 6.12. The van der Waals surface area contributed by atoms with Gasteiger partial charge in [0.15, 0.2) is 5.75 Å². The van der Waals surface area contributed by atoms with Gasteiger partial charge < -0.3 is 5.11 Å². The van der Waals surface area contributed by atoms with Crippen LogP contribution < -0.4 is 0 Å². The number of nitrogens with zero attached hydrogens (tertiary/aromatic N) is 2. The van der Waals surface area contributed by atoms with Gasteiger partial charge in [0, 0.05) is 12.1 Å². The van der Waals surface area contributed by atoms with Gasteiger partial charge in [0.2, 0.25) is 0 Å². The lowest BCUT2D eigenvalue weighted by Gasteiger charge is -2.10. The predicted octanol–water partition coefficient (Wildman–Crippen LogP) is 4.17. The number of hydrogen-bond acceptors (Lipinski definition) is 2. The topological polar surface area (TPSA) is 38.0 Å². The van der Waals surface area contributed by atoms with Gasteiger partial charge in [-0.05, 0) is 25.3 Å². The Balaban J connectivity index is 2.53. The summed E-state index contributed by atoms with van der Waals surface area (Å²) >= 11 is 0. The van der Waals surface area contributed by atoms with Gasteiger partial charge in [-0.1, -0.05) is 51.0 Å². The molecule has 1 N–H and O–H groups in total. The van der Waals surface area contributed by atoms with Gasteiger partial charge in [-0.15, -0.1) is 0 Å². The van der Waals surface area contributed by atoms with E-state index in [1.54, 1.807) is 0 Å². The highest BCUT2D eigenvalue weighted by Gasteiger charge is 2.18. The van der Waals surface area contributed by atoms with Gasteiger partial charge in [-0.2, -0.15) is 5.10 Å². The molecule has 0 aliphatic heterocycles. The molecule has 3 heteroatoms. The lowest BCUT2D eigenvalue weighted by atomic mass is 10.1. The average molecular weight is 272 g/mol. The molecular weight excluding hydrogens is 248 g/mol. The van der Waals surface area contributed by atoms with Crippen LogP contribution in [0.15, 0.2) is 24.3 Å². The Hall–Kier alpha value is -1.77. The molecule has 0 bridgehead atoms. The van der Waals surface area contributed by atoms with E-state index in [1.807, 2.05) is 16.8 Å². The van der Waals surface area contributed by atoms with Crippen LogP contribution >= 0.6 is 0 Å². The van der Waals surface area contributed by atoms with E-state index >= 15 is 0 Å². The molecule has 0 unspecified atom stereocenters. The first kappa shape index (κ1) is 14.6. The molecule has 0 amide bonds. The monoisotopic (exact) mass is 272 g/mol. The first-order valence-electron chi connectivity index (χ1n) is 7.38. The molecule has 0 saturated carbocycles. The van der Waals surface area contributed by atoms with Crippen LogP contribution in [0.25, 0.3) is 11.3 Å². The summed E-state index contributed by atoms with van der Waals surface area (Å²) < 4.78 is 1.96. The number of aromatic hydroxyl groups is 1. The minimum atomic E-state index is 0.345. The molecule has 2 rings (SSSR count). The van der Waals surface area contributed by atoms with Gasteiger partial charge in [-0.25, -0.2) is 0 Å². The van der Waals surface area contributed by atoms with Crippen LogP contribution in [0.2, 0.25) is 0 Å². The van der Waals surface area contributed by atoms with Crippen molar-refractivity contribution in [1.82, 2.24) is 9.78 Å². The lowest BCUT2D eigenvalue weighted by Crippen LogP contribution is -2.08. The molecule has 0 saturated heterocycles. The van der Waals surface area contributed by atoms with Crippen molar-refractivity contribution in [2.24, 2.45) is 5.92 Å². The van der Waals surface area contributed by atoms with Crippen LogP contribution in [0.1, 0.15) is 38.4 Å². The van der Waals surface area contributed by atoms with Crippen LogP contribution in [-0.4, -0.2) is 14.9 Å². The summed E-state index contributed by atoms with van der Waals surface area (Å²) in [5, 5.41) is 15.1. The molecule has 0 fully saturated rings. The molecule has 20 heavy (non-hydrogen) atoms. The maximum Gasteiger partial charge on any atom is 0.164 e. The molecule has 1 aromatic carbocycles. The Kier molecular flexibility index (Phi) is 4.48. The summed E-state index contributed by atoms with van der Waals surface area (Å²) in [5.41, 5.74) is 3.89. The van der Waals surface area contributed by atoms with Crippen LogP contribution in [0.3, 0.4) is 0 Å². The lowest BCUT2D eigenvalue weighted by molar-refractivity contribution is 0.466. The van der Waals surface area contributed by atoms with Crippen LogP contribution in [0.5, 0.6) is 5.75 Å². The third-order valence-electron chi connectivity index (χ3n) is 3.31. The van der Waals surface area contributed by atoms with Gasteiger partial charge in [0.25, 0.3) is 0 Å². The highest BCUT2D eigenvalue weighted by Crippen LogP contribution is 2.33. The average Bonchev–Trinajstić information content (AvgIpc) is 2.65. The van der Waals surface area contributed by atoms with Gasteiger partial charge in [0.1, 0.15) is 11.4 Å². The first-order chi connectivity index (χ1) is 9.52. The van der Waals surface area contributed by atoms with E-state index in [1.165, 1.54) is 5.56 Å². The molecule has 0 aliphatic carbocycles. The molecule has 3 nitrogen and oxygen atoms in total. The summed E-state index contributed by atoms with van der Waals surface area (Å²) in [4.78, 5) is 0. The van der Waals surface area contributed by atoms with Crippen molar-refractivity contribution >= 4 is 0 Å². The minimum Gasteiger partial charge on any atom is -0.504 e. The fourth-order valence-corrected chi connectivity index (χ4v) is 2.46. The van der Waals surface area contributed by atoms with Crippen molar-refractivity contribution in [3.63, 3.8) is 0 Å². The Morgan fingerprint density at radius 1 is 1.30 bits per heavy atom. The normalized spacial score (nSPS) is 11.2. The molecule has 0 aliphatic rings. The van der Waals surface area contributed by atoms with Gasteiger partial charge in [-0.3, -0.25) is 4.68 Å². The molecule has 2 aromatic rings. The zero-order chi connectivity index (χ0) is 14.7. The summed E-state index contributed by atoms with van der Waals surface area (Å²) in [6.45, 7) is 9.32. The van der Waals surface area contributed by atoms with Crippen molar-refractivity contribution < 1.29 is 5.11 Å².